The number of hydrogen-bond donors (Lipinski definition) is 2. The van der Waals surface area contributed by atoms with Crippen LogP contribution in [0, 0.1) is 5.41 Å². The molecule has 184 valence electrons. The molecule has 2 aromatic heterocycles. The van der Waals surface area contributed by atoms with Gasteiger partial charge in [0.2, 0.25) is 0 Å². The third-order valence-corrected chi connectivity index (χ3v) is 7.78. The van der Waals surface area contributed by atoms with Crippen molar-refractivity contribution in [2.45, 2.75) is 95.8 Å². The highest BCUT2D eigenvalue weighted by atomic mass is 19.4. The standard InChI is InChI=1S/C26H31F3N2O3/c1-13(2)20-18-19(17-15(32)11-24(3,4)23(33)21(17)31-20)25(9-5-6-10-25)34-22(18)14-7-8-16(30-12-14)26(27,28)29/h7-8,12-13,15,22-23,32-33H,5-6,9-11H2,1-4H3/t15-,22+,23-/m0/s1. The Morgan fingerprint density at radius 3 is 2.32 bits per heavy atom. The molecule has 0 radical (unpaired) electrons. The summed E-state index contributed by atoms with van der Waals surface area (Å²) in [6.45, 7) is 7.86. The number of fused-ring (bicyclic) bond motifs is 4. The van der Waals surface area contributed by atoms with E-state index in [1.54, 1.807) is 0 Å². The average molecular weight is 477 g/mol. The van der Waals surface area contributed by atoms with Crippen molar-refractivity contribution >= 4 is 0 Å². The lowest BCUT2D eigenvalue weighted by Crippen LogP contribution is -2.35. The summed E-state index contributed by atoms with van der Waals surface area (Å²) in [6.07, 6.45) is -1.74. The van der Waals surface area contributed by atoms with Gasteiger partial charge < -0.3 is 14.9 Å². The van der Waals surface area contributed by atoms with E-state index in [1.165, 1.54) is 12.3 Å². The minimum atomic E-state index is -4.52. The van der Waals surface area contributed by atoms with E-state index >= 15 is 0 Å². The molecule has 1 fully saturated rings. The lowest BCUT2D eigenvalue weighted by atomic mass is 9.69. The summed E-state index contributed by atoms with van der Waals surface area (Å²) in [7, 11) is 0. The second-order valence-electron chi connectivity index (χ2n) is 11.0. The molecule has 0 bridgehead atoms. The van der Waals surface area contributed by atoms with E-state index < -0.39 is 41.2 Å². The Balaban J connectivity index is 1.76. The molecule has 5 rings (SSSR count). The van der Waals surface area contributed by atoms with Gasteiger partial charge in [-0.15, -0.1) is 0 Å². The van der Waals surface area contributed by atoms with E-state index in [9.17, 15) is 23.4 Å². The zero-order valence-electron chi connectivity index (χ0n) is 19.9. The fraction of sp³-hybridized carbons (Fsp3) is 0.615. The Hall–Kier alpha value is -2.03. The summed E-state index contributed by atoms with van der Waals surface area (Å²) in [4.78, 5) is 8.58. The quantitative estimate of drug-likeness (QED) is 0.556. The third kappa shape index (κ3) is 3.48. The van der Waals surface area contributed by atoms with Crippen LogP contribution in [-0.4, -0.2) is 20.2 Å². The first-order valence-electron chi connectivity index (χ1n) is 12.0. The molecule has 3 aliphatic rings. The van der Waals surface area contributed by atoms with Crippen LogP contribution in [0.15, 0.2) is 18.3 Å². The fourth-order valence-corrected chi connectivity index (χ4v) is 6.10. The lowest BCUT2D eigenvalue weighted by molar-refractivity contribution is -0.141. The molecule has 1 spiro atoms. The van der Waals surface area contributed by atoms with E-state index in [0.717, 1.165) is 48.6 Å². The first-order chi connectivity index (χ1) is 15.9. The van der Waals surface area contributed by atoms with E-state index in [4.69, 9.17) is 9.72 Å². The number of aromatic nitrogens is 2. The van der Waals surface area contributed by atoms with Crippen LogP contribution in [0.25, 0.3) is 0 Å². The molecule has 34 heavy (non-hydrogen) atoms. The molecule has 8 heteroatoms. The first-order valence-corrected chi connectivity index (χ1v) is 12.0. The van der Waals surface area contributed by atoms with E-state index in [-0.39, 0.29) is 5.92 Å². The number of ether oxygens (including phenoxy) is 1. The zero-order valence-corrected chi connectivity index (χ0v) is 19.9. The van der Waals surface area contributed by atoms with Crippen molar-refractivity contribution < 1.29 is 28.1 Å². The number of pyridine rings is 2. The Labute approximate surface area is 197 Å². The highest BCUT2D eigenvalue weighted by molar-refractivity contribution is 5.54. The van der Waals surface area contributed by atoms with Crippen molar-refractivity contribution in [3.8, 4) is 0 Å². The molecule has 1 aliphatic heterocycles. The minimum absolute atomic E-state index is 0.0153. The fourth-order valence-electron chi connectivity index (χ4n) is 6.10. The molecule has 3 heterocycles. The van der Waals surface area contributed by atoms with Crippen LogP contribution < -0.4 is 0 Å². The molecule has 2 aromatic rings. The van der Waals surface area contributed by atoms with Gasteiger partial charge in [0.15, 0.2) is 0 Å². The summed E-state index contributed by atoms with van der Waals surface area (Å²) in [5, 5.41) is 22.5. The largest absolute Gasteiger partial charge is 0.433 e. The molecule has 0 saturated heterocycles. The van der Waals surface area contributed by atoms with Crippen LogP contribution >= 0.6 is 0 Å². The van der Waals surface area contributed by atoms with Crippen LogP contribution in [0.1, 0.15) is 123 Å². The number of hydrogen-bond acceptors (Lipinski definition) is 5. The topological polar surface area (TPSA) is 75.5 Å². The van der Waals surface area contributed by atoms with Gasteiger partial charge in [-0.25, -0.2) is 0 Å². The first kappa shape index (κ1) is 23.7. The van der Waals surface area contributed by atoms with Crippen LogP contribution in [0.2, 0.25) is 0 Å². The normalized spacial score (nSPS) is 27.3. The Morgan fingerprint density at radius 1 is 1.09 bits per heavy atom. The second-order valence-corrected chi connectivity index (χ2v) is 11.0. The predicted octanol–water partition coefficient (Wildman–Crippen LogP) is 6.00. The molecular weight excluding hydrogens is 445 g/mol. The van der Waals surface area contributed by atoms with Gasteiger partial charge in [0.1, 0.15) is 17.9 Å². The summed E-state index contributed by atoms with van der Waals surface area (Å²) >= 11 is 0. The van der Waals surface area contributed by atoms with Crippen LogP contribution in [0.4, 0.5) is 13.2 Å². The molecular formula is C26H31F3N2O3. The smallest absolute Gasteiger partial charge is 0.388 e. The average Bonchev–Trinajstić information content (AvgIpc) is 3.36. The number of halogens is 3. The predicted molar refractivity (Wildman–Crippen MR) is 119 cm³/mol. The number of alkyl halides is 3. The summed E-state index contributed by atoms with van der Waals surface area (Å²) in [6, 6.07) is 2.41. The van der Waals surface area contributed by atoms with Gasteiger partial charge in [0, 0.05) is 28.6 Å². The van der Waals surface area contributed by atoms with Crippen molar-refractivity contribution in [1.82, 2.24) is 9.97 Å². The van der Waals surface area contributed by atoms with Gasteiger partial charge in [0.25, 0.3) is 0 Å². The lowest BCUT2D eigenvalue weighted by Gasteiger charge is -2.41. The van der Waals surface area contributed by atoms with E-state index in [2.05, 4.69) is 4.98 Å². The summed E-state index contributed by atoms with van der Waals surface area (Å²) in [5.41, 5.74) is 2.02. The van der Waals surface area contributed by atoms with Gasteiger partial charge in [-0.1, -0.05) is 46.6 Å². The van der Waals surface area contributed by atoms with E-state index in [0.29, 0.717) is 23.2 Å². The Bertz CT molecular complexity index is 1110. The molecule has 2 N–H and O–H groups in total. The molecule has 0 amide bonds. The highest BCUT2D eigenvalue weighted by Gasteiger charge is 2.54. The second kappa shape index (κ2) is 7.73. The highest BCUT2D eigenvalue weighted by Crippen LogP contribution is 2.60. The Morgan fingerprint density at radius 2 is 1.76 bits per heavy atom. The van der Waals surface area contributed by atoms with E-state index in [1.807, 2.05) is 27.7 Å². The maximum atomic E-state index is 13.1. The van der Waals surface area contributed by atoms with Gasteiger partial charge in [-0.05, 0) is 42.2 Å². The van der Waals surface area contributed by atoms with Crippen LogP contribution in [0.3, 0.4) is 0 Å². The van der Waals surface area contributed by atoms with Gasteiger partial charge in [0.05, 0.1) is 17.4 Å². The maximum absolute atomic E-state index is 13.1. The SMILES string of the molecule is CC(C)c1nc2c(c3c1[C@@H](c1ccc(C(F)(F)F)nc1)OC31CCCC1)[C@@H](O)CC(C)(C)[C@H]2O. The van der Waals surface area contributed by atoms with Crippen molar-refractivity contribution in [3.63, 3.8) is 0 Å². The van der Waals surface area contributed by atoms with Crippen LogP contribution in [-0.2, 0) is 16.5 Å². The summed E-state index contributed by atoms with van der Waals surface area (Å²) < 4.78 is 46.1. The number of nitrogens with zero attached hydrogens (tertiary/aromatic N) is 2. The molecule has 5 nitrogen and oxygen atoms in total. The third-order valence-electron chi connectivity index (χ3n) is 7.78. The van der Waals surface area contributed by atoms with Crippen molar-refractivity contribution in [2.75, 3.05) is 0 Å². The van der Waals surface area contributed by atoms with Crippen LogP contribution in [0.5, 0.6) is 0 Å². The van der Waals surface area contributed by atoms with Gasteiger partial charge in [-0.3, -0.25) is 9.97 Å². The molecule has 2 aliphatic carbocycles. The zero-order chi connectivity index (χ0) is 24.6. The number of rotatable bonds is 2. The molecule has 0 aromatic carbocycles. The monoisotopic (exact) mass is 476 g/mol. The van der Waals surface area contributed by atoms with Gasteiger partial charge in [-0.2, -0.15) is 13.2 Å². The molecule has 1 saturated carbocycles. The number of aliphatic hydroxyl groups is 2. The Kier molecular flexibility index (Phi) is 5.39. The van der Waals surface area contributed by atoms with Crippen molar-refractivity contribution in [1.29, 1.82) is 0 Å². The van der Waals surface area contributed by atoms with Gasteiger partial charge >= 0.3 is 6.18 Å². The van der Waals surface area contributed by atoms with Crippen molar-refractivity contribution in [3.05, 3.63) is 57.7 Å². The summed E-state index contributed by atoms with van der Waals surface area (Å²) in [5.74, 6) is -0.0153. The minimum Gasteiger partial charge on any atom is -0.388 e. The number of aliphatic hydroxyl groups excluding tert-OH is 2. The maximum Gasteiger partial charge on any atom is 0.433 e. The molecule has 3 atom stereocenters. The molecule has 0 unspecified atom stereocenters. The van der Waals surface area contributed by atoms with Crippen molar-refractivity contribution in [2.24, 2.45) is 5.41 Å².